The molecule has 5 rings (SSSR count). The molecule has 1 spiro atoms. The van der Waals surface area contributed by atoms with E-state index in [2.05, 4.69) is 0 Å². The lowest BCUT2D eigenvalue weighted by molar-refractivity contribution is -0.198. The number of aliphatic carboxylic acids is 1. The second-order valence-corrected chi connectivity index (χ2v) is 9.38. The van der Waals surface area contributed by atoms with Gasteiger partial charge in [0.1, 0.15) is 23.8 Å². The van der Waals surface area contributed by atoms with E-state index in [0.29, 0.717) is 35.0 Å². The Morgan fingerprint density at radius 3 is 2.58 bits per heavy atom. The summed E-state index contributed by atoms with van der Waals surface area (Å²) in [7, 11) is 0. The second-order valence-electron chi connectivity index (χ2n) is 9.38. The molecule has 0 unspecified atom stereocenters. The average Bonchev–Trinajstić information content (AvgIpc) is 3.05. The molecule has 2 N–H and O–H groups in total. The largest absolute Gasteiger partial charge is 0.507 e. The van der Waals surface area contributed by atoms with E-state index in [1.165, 1.54) is 12.1 Å². The molecular formula is C24H22F3NO5. The molecule has 2 aromatic carbocycles. The fourth-order valence-corrected chi connectivity index (χ4v) is 5.10. The van der Waals surface area contributed by atoms with Crippen LogP contribution in [-0.2, 0) is 25.3 Å². The van der Waals surface area contributed by atoms with Gasteiger partial charge in [-0.3, -0.25) is 0 Å². The van der Waals surface area contributed by atoms with Gasteiger partial charge in [0.25, 0.3) is 0 Å². The summed E-state index contributed by atoms with van der Waals surface area (Å²) < 4.78 is 55.6. The van der Waals surface area contributed by atoms with Crippen LogP contribution in [0.1, 0.15) is 37.9 Å². The number of carboxylic acid groups (broad SMARTS) is 1. The molecule has 0 radical (unpaired) electrons. The van der Waals surface area contributed by atoms with E-state index in [-0.39, 0.29) is 24.1 Å². The molecule has 1 aromatic heterocycles. The Labute approximate surface area is 187 Å². The van der Waals surface area contributed by atoms with E-state index in [0.717, 1.165) is 18.2 Å². The predicted molar refractivity (Wildman–Crippen MR) is 112 cm³/mol. The number of rotatable bonds is 4. The van der Waals surface area contributed by atoms with Crippen molar-refractivity contribution in [1.82, 2.24) is 4.57 Å². The second kappa shape index (κ2) is 7.23. The van der Waals surface area contributed by atoms with Crippen LogP contribution in [0.4, 0.5) is 13.2 Å². The number of nitrogens with zero attached hydrogens (tertiary/aromatic N) is 1. The lowest BCUT2D eigenvalue weighted by Gasteiger charge is -2.52. The molecule has 1 aliphatic heterocycles. The van der Waals surface area contributed by atoms with Crippen LogP contribution in [0.15, 0.2) is 30.3 Å². The summed E-state index contributed by atoms with van der Waals surface area (Å²) in [6.07, 6.45) is 0.327. The van der Waals surface area contributed by atoms with Gasteiger partial charge in [0, 0.05) is 52.7 Å². The molecule has 2 aliphatic rings. The van der Waals surface area contributed by atoms with Crippen molar-refractivity contribution < 1.29 is 37.7 Å². The third-order valence-electron chi connectivity index (χ3n) is 6.54. The van der Waals surface area contributed by atoms with Crippen molar-refractivity contribution in [3.63, 3.8) is 0 Å². The fourth-order valence-electron chi connectivity index (χ4n) is 5.10. The third kappa shape index (κ3) is 3.29. The number of hydrogen-bond donors (Lipinski definition) is 2. The monoisotopic (exact) mass is 461 g/mol. The van der Waals surface area contributed by atoms with Gasteiger partial charge in [-0.05, 0) is 18.2 Å². The van der Waals surface area contributed by atoms with Gasteiger partial charge in [-0.25, -0.2) is 18.0 Å². The van der Waals surface area contributed by atoms with Gasteiger partial charge in [0.2, 0.25) is 0 Å². The highest BCUT2D eigenvalue weighted by Gasteiger charge is 2.56. The number of hydrogen-bond acceptors (Lipinski definition) is 4. The van der Waals surface area contributed by atoms with Crippen LogP contribution in [0, 0.1) is 17.5 Å². The molecule has 3 aromatic rings. The Bertz CT molecular complexity index is 1290. The summed E-state index contributed by atoms with van der Waals surface area (Å²) in [5.41, 5.74) is 0.398. The molecule has 0 bridgehead atoms. The summed E-state index contributed by atoms with van der Waals surface area (Å²) >= 11 is 0. The lowest BCUT2D eigenvalue weighted by atomic mass is 9.67. The molecule has 1 aliphatic carbocycles. The SMILES string of the molecule is CC1(C)CO[C@]2(C[C@H](OCC(=O)O)C2)c2c1n(-c1ccc(F)c(F)c1)c1cc(F)cc(O)c12. The van der Waals surface area contributed by atoms with Gasteiger partial charge in [-0.2, -0.15) is 0 Å². The summed E-state index contributed by atoms with van der Waals surface area (Å²) in [5, 5.41) is 20.0. The first kappa shape index (κ1) is 21.8. The number of aromatic nitrogens is 1. The number of halogens is 3. The molecule has 33 heavy (non-hydrogen) atoms. The number of phenolic OH excluding ortho intramolecular Hbond substituents is 1. The Kier molecular flexibility index (Phi) is 4.77. The van der Waals surface area contributed by atoms with Gasteiger partial charge in [0.05, 0.1) is 18.2 Å². The molecule has 0 atom stereocenters. The zero-order valence-corrected chi connectivity index (χ0v) is 18.0. The first-order valence-electron chi connectivity index (χ1n) is 10.5. The summed E-state index contributed by atoms with van der Waals surface area (Å²) in [6.45, 7) is 3.66. The van der Waals surface area contributed by atoms with Crippen molar-refractivity contribution in [3.8, 4) is 11.4 Å². The molecule has 0 amide bonds. The standard InChI is InChI=1S/C24H22F3NO5/c1-23(2)11-33-24(8-14(9-24)32-10-19(30)31)21-20-17(5-12(25)6-18(20)29)28(22(21)23)13-3-4-15(26)16(27)7-13/h3-7,14,29H,8-11H2,1-2H3,(H,30,31)/t14-,24-. The smallest absolute Gasteiger partial charge is 0.329 e. The van der Waals surface area contributed by atoms with Gasteiger partial charge < -0.3 is 24.3 Å². The zero-order valence-electron chi connectivity index (χ0n) is 18.0. The summed E-state index contributed by atoms with van der Waals surface area (Å²) in [6, 6.07) is 5.69. The highest BCUT2D eigenvalue weighted by molar-refractivity contribution is 5.94. The highest BCUT2D eigenvalue weighted by atomic mass is 19.2. The number of phenols is 1. The fraction of sp³-hybridized carbons (Fsp3) is 0.375. The van der Waals surface area contributed by atoms with E-state index in [4.69, 9.17) is 14.6 Å². The molecule has 6 nitrogen and oxygen atoms in total. The van der Waals surface area contributed by atoms with Crippen LogP contribution in [0.3, 0.4) is 0 Å². The first-order chi connectivity index (χ1) is 15.5. The molecule has 174 valence electrons. The van der Waals surface area contributed by atoms with Crippen molar-refractivity contribution in [2.45, 2.75) is 43.8 Å². The molecule has 1 saturated carbocycles. The van der Waals surface area contributed by atoms with Crippen LogP contribution in [-0.4, -0.2) is 40.1 Å². The summed E-state index contributed by atoms with van der Waals surface area (Å²) in [4.78, 5) is 10.9. The lowest BCUT2D eigenvalue weighted by Crippen LogP contribution is -2.54. The minimum Gasteiger partial charge on any atom is -0.507 e. The Hall–Kier alpha value is -3.04. The Balaban J connectivity index is 1.76. The van der Waals surface area contributed by atoms with Gasteiger partial charge in [0.15, 0.2) is 11.6 Å². The van der Waals surface area contributed by atoms with Gasteiger partial charge >= 0.3 is 5.97 Å². The maximum Gasteiger partial charge on any atom is 0.329 e. The normalized spacial score (nSPS) is 23.5. The number of fused-ring (bicyclic) bond motifs is 4. The number of ether oxygens (including phenoxy) is 2. The van der Waals surface area contributed by atoms with Crippen molar-refractivity contribution in [2.24, 2.45) is 0 Å². The molecular weight excluding hydrogens is 439 g/mol. The van der Waals surface area contributed by atoms with Crippen LogP contribution in [0.25, 0.3) is 16.6 Å². The van der Waals surface area contributed by atoms with Crippen molar-refractivity contribution >= 4 is 16.9 Å². The third-order valence-corrected chi connectivity index (χ3v) is 6.54. The molecule has 1 fully saturated rings. The number of carbonyl (C=O) groups is 1. The minimum atomic E-state index is -1.08. The van der Waals surface area contributed by atoms with Crippen LogP contribution < -0.4 is 0 Å². The van der Waals surface area contributed by atoms with Gasteiger partial charge in [-0.15, -0.1) is 0 Å². The van der Waals surface area contributed by atoms with Crippen LogP contribution >= 0.6 is 0 Å². The van der Waals surface area contributed by atoms with E-state index in [1.54, 1.807) is 4.57 Å². The Morgan fingerprint density at radius 2 is 1.91 bits per heavy atom. The van der Waals surface area contributed by atoms with Crippen molar-refractivity contribution in [2.75, 3.05) is 13.2 Å². The van der Waals surface area contributed by atoms with E-state index in [9.17, 15) is 23.1 Å². The highest BCUT2D eigenvalue weighted by Crippen LogP contribution is 2.57. The first-order valence-corrected chi connectivity index (χ1v) is 10.5. The van der Waals surface area contributed by atoms with Crippen LogP contribution in [0.2, 0.25) is 0 Å². The maximum atomic E-state index is 14.4. The van der Waals surface area contributed by atoms with Crippen molar-refractivity contribution in [1.29, 1.82) is 0 Å². The maximum absolute atomic E-state index is 14.4. The van der Waals surface area contributed by atoms with Gasteiger partial charge in [-0.1, -0.05) is 13.8 Å². The van der Waals surface area contributed by atoms with E-state index in [1.807, 2.05) is 13.8 Å². The topological polar surface area (TPSA) is 80.9 Å². The minimum absolute atomic E-state index is 0.273. The number of carboxylic acids is 1. The van der Waals surface area contributed by atoms with Crippen LogP contribution in [0.5, 0.6) is 5.75 Å². The molecule has 0 saturated heterocycles. The predicted octanol–water partition coefficient (Wildman–Crippen LogP) is 4.52. The van der Waals surface area contributed by atoms with E-state index < -0.39 is 41.0 Å². The Morgan fingerprint density at radius 1 is 1.18 bits per heavy atom. The zero-order chi connectivity index (χ0) is 23.7. The van der Waals surface area contributed by atoms with Crippen molar-refractivity contribution in [3.05, 3.63) is 59.0 Å². The molecule has 2 heterocycles. The average molecular weight is 461 g/mol. The summed E-state index contributed by atoms with van der Waals surface area (Å²) in [5.74, 6) is -4.10. The number of benzene rings is 2. The van der Waals surface area contributed by atoms with E-state index >= 15 is 0 Å². The molecule has 9 heteroatoms. The quantitative estimate of drug-likeness (QED) is 0.597. The number of aromatic hydroxyl groups is 1.